The fraction of sp³-hybridized carbons (Fsp3) is 0.296. The second-order valence-corrected chi connectivity index (χ2v) is 8.56. The molecular weight excluding hydrogens is 426 g/mol. The van der Waals surface area contributed by atoms with E-state index in [4.69, 9.17) is 9.26 Å². The molecule has 1 unspecified atom stereocenters. The maximum absolute atomic E-state index is 5.85. The average molecular weight is 456 g/mol. The van der Waals surface area contributed by atoms with Gasteiger partial charge in [-0.25, -0.2) is 0 Å². The van der Waals surface area contributed by atoms with E-state index >= 15 is 0 Å². The number of rotatable bonds is 8. The minimum Gasteiger partial charge on any atom is -0.487 e. The van der Waals surface area contributed by atoms with Gasteiger partial charge in [0.1, 0.15) is 12.4 Å². The van der Waals surface area contributed by atoms with Crippen molar-refractivity contribution < 1.29 is 9.26 Å². The van der Waals surface area contributed by atoms with E-state index in [-0.39, 0.29) is 6.04 Å². The lowest BCUT2D eigenvalue weighted by molar-refractivity contribution is 0.0845. The van der Waals surface area contributed by atoms with E-state index in [1.54, 1.807) is 6.20 Å². The van der Waals surface area contributed by atoms with Crippen LogP contribution in [0.25, 0.3) is 11.4 Å². The van der Waals surface area contributed by atoms with Gasteiger partial charge in [0.15, 0.2) is 0 Å². The van der Waals surface area contributed by atoms with Crippen LogP contribution in [0.15, 0.2) is 83.5 Å². The predicted octanol–water partition coefficient (Wildman–Crippen LogP) is 4.59. The van der Waals surface area contributed by atoms with E-state index in [9.17, 15) is 0 Å². The molecule has 174 valence electrons. The van der Waals surface area contributed by atoms with Crippen molar-refractivity contribution in [1.82, 2.24) is 24.9 Å². The molecule has 4 aromatic rings. The molecule has 3 heterocycles. The standard InChI is InChI=1S/C27H29N5O2/c1-21(27-29-26(30-34-27)23-7-3-2-4-8-23)32-17-15-31(16-18-32)19-22-10-12-25(13-11-22)33-20-24-9-5-6-14-28-24/h2-14,21H,15-20H2,1H3. The number of hydrogen-bond acceptors (Lipinski definition) is 7. The summed E-state index contributed by atoms with van der Waals surface area (Å²) in [5.41, 5.74) is 3.19. The van der Waals surface area contributed by atoms with Crippen molar-refractivity contribution >= 4 is 0 Å². The highest BCUT2D eigenvalue weighted by molar-refractivity contribution is 5.53. The molecule has 1 fully saturated rings. The Kier molecular flexibility index (Phi) is 6.93. The molecule has 0 bridgehead atoms. The Labute approximate surface area is 200 Å². The van der Waals surface area contributed by atoms with Crippen LogP contribution >= 0.6 is 0 Å². The molecule has 0 spiro atoms. The third kappa shape index (κ3) is 5.50. The van der Waals surface area contributed by atoms with Gasteiger partial charge in [0.05, 0.1) is 11.7 Å². The van der Waals surface area contributed by atoms with Crippen LogP contribution in [0.5, 0.6) is 5.75 Å². The summed E-state index contributed by atoms with van der Waals surface area (Å²) < 4.78 is 11.4. The molecule has 1 aliphatic heterocycles. The molecular formula is C27H29N5O2. The first-order chi connectivity index (χ1) is 16.7. The molecule has 2 aromatic carbocycles. The van der Waals surface area contributed by atoms with E-state index in [1.807, 2.05) is 60.7 Å². The van der Waals surface area contributed by atoms with Crippen molar-refractivity contribution in [3.8, 4) is 17.1 Å². The van der Waals surface area contributed by atoms with Crippen molar-refractivity contribution in [1.29, 1.82) is 0 Å². The van der Waals surface area contributed by atoms with Gasteiger partial charge >= 0.3 is 0 Å². The maximum Gasteiger partial charge on any atom is 0.244 e. The Morgan fingerprint density at radius 1 is 0.912 bits per heavy atom. The van der Waals surface area contributed by atoms with Crippen LogP contribution in [0.2, 0.25) is 0 Å². The van der Waals surface area contributed by atoms with Gasteiger partial charge in [0.25, 0.3) is 0 Å². The van der Waals surface area contributed by atoms with Gasteiger partial charge in [-0.2, -0.15) is 4.98 Å². The fourth-order valence-electron chi connectivity index (χ4n) is 4.16. The quantitative estimate of drug-likeness (QED) is 0.385. The molecule has 7 heteroatoms. The van der Waals surface area contributed by atoms with Crippen LogP contribution in [0, 0.1) is 0 Å². The van der Waals surface area contributed by atoms with Gasteiger partial charge in [0, 0.05) is 44.5 Å². The van der Waals surface area contributed by atoms with Crippen LogP contribution < -0.4 is 4.74 Å². The van der Waals surface area contributed by atoms with E-state index in [0.717, 1.165) is 49.7 Å². The average Bonchev–Trinajstić information content (AvgIpc) is 3.40. The zero-order chi connectivity index (χ0) is 23.2. The van der Waals surface area contributed by atoms with Gasteiger partial charge in [-0.15, -0.1) is 0 Å². The summed E-state index contributed by atoms with van der Waals surface area (Å²) in [4.78, 5) is 13.8. The molecule has 2 aromatic heterocycles. The minimum atomic E-state index is 0.0997. The molecule has 0 radical (unpaired) electrons. The third-order valence-electron chi connectivity index (χ3n) is 6.23. The monoisotopic (exact) mass is 455 g/mol. The second-order valence-electron chi connectivity index (χ2n) is 8.56. The molecule has 34 heavy (non-hydrogen) atoms. The Hall–Kier alpha value is -3.55. The first kappa shape index (κ1) is 22.3. The Morgan fingerprint density at radius 2 is 1.68 bits per heavy atom. The van der Waals surface area contributed by atoms with Gasteiger partial charge < -0.3 is 9.26 Å². The maximum atomic E-state index is 5.85. The topological polar surface area (TPSA) is 67.5 Å². The lowest BCUT2D eigenvalue weighted by Gasteiger charge is -2.36. The highest BCUT2D eigenvalue weighted by Crippen LogP contribution is 2.24. The SMILES string of the molecule is CC(c1nc(-c2ccccc2)no1)N1CCN(Cc2ccc(OCc3ccccn3)cc2)CC1. The first-order valence-corrected chi connectivity index (χ1v) is 11.7. The van der Waals surface area contributed by atoms with Crippen molar-refractivity contribution in [2.24, 2.45) is 0 Å². The lowest BCUT2D eigenvalue weighted by atomic mass is 10.1. The number of aromatic nitrogens is 3. The molecule has 0 saturated carbocycles. The van der Waals surface area contributed by atoms with E-state index in [2.05, 4.69) is 44.0 Å². The van der Waals surface area contributed by atoms with Crippen molar-refractivity contribution in [2.45, 2.75) is 26.1 Å². The van der Waals surface area contributed by atoms with E-state index < -0.39 is 0 Å². The fourth-order valence-corrected chi connectivity index (χ4v) is 4.16. The summed E-state index contributed by atoms with van der Waals surface area (Å²) in [7, 11) is 0. The van der Waals surface area contributed by atoms with Crippen LogP contribution in [-0.2, 0) is 13.2 Å². The molecule has 1 saturated heterocycles. The van der Waals surface area contributed by atoms with Gasteiger partial charge in [-0.1, -0.05) is 53.7 Å². The molecule has 1 aliphatic rings. The second kappa shape index (κ2) is 10.6. The Bertz CT molecular complexity index is 1160. The molecule has 0 amide bonds. The lowest BCUT2D eigenvalue weighted by Crippen LogP contribution is -2.46. The zero-order valence-electron chi connectivity index (χ0n) is 19.4. The minimum absolute atomic E-state index is 0.0997. The summed E-state index contributed by atoms with van der Waals surface area (Å²) in [5, 5.41) is 4.17. The van der Waals surface area contributed by atoms with E-state index in [1.165, 1.54) is 5.56 Å². The van der Waals surface area contributed by atoms with Crippen molar-refractivity contribution in [2.75, 3.05) is 26.2 Å². The summed E-state index contributed by atoms with van der Waals surface area (Å²) in [6.45, 7) is 7.49. The predicted molar refractivity (Wildman–Crippen MR) is 130 cm³/mol. The summed E-state index contributed by atoms with van der Waals surface area (Å²) in [6.07, 6.45) is 1.78. The molecule has 0 aliphatic carbocycles. The molecule has 5 rings (SSSR count). The molecule has 7 nitrogen and oxygen atoms in total. The van der Waals surface area contributed by atoms with Crippen LogP contribution in [0.3, 0.4) is 0 Å². The smallest absolute Gasteiger partial charge is 0.244 e. The highest BCUT2D eigenvalue weighted by atomic mass is 16.5. The zero-order valence-corrected chi connectivity index (χ0v) is 19.4. The van der Waals surface area contributed by atoms with Crippen LogP contribution in [0.4, 0.5) is 0 Å². The summed E-state index contributed by atoms with van der Waals surface area (Å²) in [6, 6.07) is 24.3. The van der Waals surface area contributed by atoms with Gasteiger partial charge in [-0.05, 0) is 36.8 Å². The highest BCUT2D eigenvalue weighted by Gasteiger charge is 2.26. The Morgan fingerprint density at radius 3 is 2.41 bits per heavy atom. The number of ether oxygens (including phenoxy) is 1. The summed E-state index contributed by atoms with van der Waals surface area (Å²) >= 11 is 0. The molecule has 0 N–H and O–H groups in total. The summed E-state index contributed by atoms with van der Waals surface area (Å²) in [5.74, 6) is 2.18. The third-order valence-corrected chi connectivity index (χ3v) is 6.23. The normalized spacial score (nSPS) is 15.8. The number of pyridine rings is 1. The van der Waals surface area contributed by atoms with Crippen molar-refractivity contribution in [3.63, 3.8) is 0 Å². The first-order valence-electron chi connectivity index (χ1n) is 11.7. The molecule has 1 atom stereocenters. The number of piperazine rings is 1. The number of nitrogens with zero attached hydrogens (tertiary/aromatic N) is 5. The van der Waals surface area contributed by atoms with E-state index in [0.29, 0.717) is 18.3 Å². The number of benzene rings is 2. The van der Waals surface area contributed by atoms with Crippen LogP contribution in [0.1, 0.15) is 30.1 Å². The van der Waals surface area contributed by atoms with Crippen LogP contribution in [-0.4, -0.2) is 51.1 Å². The largest absolute Gasteiger partial charge is 0.487 e. The van der Waals surface area contributed by atoms with Gasteiger partial charge in [0.2, 0.25) is 11.7 Å². The number of hydrogen-bond donors (Lipinski definition) is 0. The Balaban J connectivity index is 1.10. The van der Waals surface area contributed by atoms with Gasteiger partial charge in [-0.3, -0.25) is 14.8 Å². The van der Waals surface area contributed by atoms with Crippen molar-refractivity contribution in [3.05, 3.63) is 96.1 Å².